The van der Waals surface area contributed by atoms with Gasteiger partial charge in [-0.05, 0) is 14.0 Å². The van der Waals surface area contributed by atoms with Crippen LogP contribution in [0.15, 0.2) is 0 Å². The third-order valence-electron chi connectivity index (χ3n) is 0.264. The summed E-state index contributed by atoms with van der Waals surface area (Å²) in [5.41, 5.74) is 4.50. The van der Waals surface area contributed by atoms with Gasteiger partial charge in [-0.2, -0.15) is 0 Å². The van der Waals surface area contributed by atoms with Crippen LogP contribution in [0.3, 0.4) is 0 Å². The summed E-state index contributed by atoms with van der Waals surface area (Å²) in [6, 6.07) is 0. The molecule has 0 heterocycles. The largest absolute Gasteiger partial charge is 0.394 e. The van der Waals surface area contributed by atoms with E-state index in [9.17, 15) is 0 Å². The molecule has 0 aromatic carbocycles. The van der Waals surface area contributed by atoms with Crippen molar-refractivity contribution in [3.63, 3.8) is 0 Å². The average Bonchev–Trinajstić information content (AvgIpc) is 1.73. The number of aliphatic hydroxyl groups is 2. The number of nitrogens with two attached hydrogens (primary N) is 1. The zero-order valence-electron chi connectivity index (χ0n) is 4.76. The van der Waals surface area contributed by atoms with E-state index in [0.29, 0.717) is 0 Å². The van der Waals surface area contributed by atoms with Gasteiger partial charge in [0.2, 0.25) is 0 Å². The summed E-state index contributed by atoms with van der Waals surface area (Å²) < 4.78 is 0. The van der Waals surface area contributed by atoms with Gasteiger partial charge in [-0.25, -0.2) is 0 Å². The Morgan fingerprint density at radius 1 is 1.57 bits per heavy atom. The number of hydrogen-bond donors (Lipinski definition) is 3. The SMILES string of the molecule is CC(O)CO.CN. The zero-order valence-corrected chi connectivity index (χ0v) is 4.76. The minimum absolute atomic E-state index is 0.139. The Morgan fingerprint density at radius 3 is 1.71 bits per heavy atom. The van der Waals surface area contributed by atoms with E-state index >= 15 is 0 Å². The highest BCUT2D eigenvalue weighted by Crippen LogP contribution is 1.68. The standard InChI is InChI=1S/C3H8O2.CH5N/c1-3(5)2-4;1-2/h3-5H,2H2,1H3;2H2,1H3. The van der Waals surface area contributed by atoms with Gasteiger partial charge in [-0.3, -0.25) is 0 Å². The molecular weight excluding hydrogens is 94.0 g/mol. The van der Waals surface area contributed by atoms with Crippen LogP contribution in [-0.4, -0.2) is 30.0 Å². The molecule has 0 saturated carbocycles. The van der Waals surface area contributed by atoms with Crippen molar-refractivity contribution >= 4 is 0 Å². The highest BCUT2D eigenvalue weighted by molar-refractivity contribution is 4.33. The van der Waals surface area contributed by atoms with Gasteiger partial charge in [0.15, 0.2) is 0 Å². The van der Waals surface area contributed by atoms with Crippen LogP contribution >= 0.6 is 0 Å². The molecule has 0 spiro atoms. The van der Waals surface area contributed by atoms with Crippen LogP contribution in [-0.2, 0) is 0 Å². The summed E-state index contributed by atoms with van der Waals surface area (Å²) in [7, 11) is 1.50. The van der Waals surface area contributed by atoms with Crippen LogP contribution < -0.4 is 5.73 Å². The molecule has 0 aromatic rings. The first-order valence-corrected chi connectivity index (χ1v) is 2.14. The normalized spacial score (nSPS) is 11.6. The molecule has 3 nitrogen and oxygen atoms in total. The molecule has 0 bridgehead atoms. The Bertz CT molecular complexity index is 23.7. The molecule has 0 rings (SSSR count). The first-order chi connectivity index (χ1) is 3.27. The summed E-state index contributed by atoms with van der Waals surface area (Å²) in [5, 5.41) is 16.0. The van der Waals surface area contributed by atoms with Gasteiger partial charge in [0.05, 0.1) is 12.7 Å². The molecule has 7 heavy (non-hydrogen) atoms. The predicted octanol–water partition coefficient (Wildman–Crippen LogP) is -1.07. The van der Waals surface area contributed by atoms with Gasteiger partial charge in [0.1, 0.15) is 0 Å². The summed E-state index contributed by atoms with van der Waals surface area (Å²) in [6.07, 6.45) is -0.560. The van der Waals surface area contributed by atoms with Crippen molar-refractivity contribution in [3.05, 3.63) is 0 Å². The molecule has 0 radical (unpaired) electrons. The molecule has 4 N–H and O–H groups in total. The number of aliphatic hydroxyl groups excluding tert-OH is 2. The maximum Gasteiger partial charge on any atom is 0.0742 e. The van der Waals surface area contributed by atoms with E-state index in [0.717, 1.165) is 0 Å². The van der Waals surface area contributed by atoms with Crippen LogP contribution in [0.25, 0.3) is 0 Å². The van der Waals surface area contributed by atoms with Crippen LogP contribution in [0.4, 0.5) is 0 Å². The Kier molecular flexibility index (Phi) is 13.3. The van der Waals surface area contributed by atoms with E-state index < -0.39 is 6.10 Å². The van der Waals surface area contributed by atoms with E-state index in [2.05, 4.69) is 5.73 Å². The fourth-order valence-corrected chi connectivity index (χ4v) is 0. The topological polar surface area (TPSA) is 66.5 Å². The molecule has 0 aromatic heterocycles. The van der Waals surface area contributed by atoms with Crippen LogP contribution in [0.2, 0.25) is 0 Å². The second-order valence-corrected chi connectivity index (χ2v) is 1.03. The Morgan fingerprint density at radius 2 is 1.71 bits per heavy atom. The average molecular weight is 107 g/mol. The maximum atomic E-state index is 8.11. The second kappa shape index (κ2) is 9.30. The third kappa shape index (κ3) is 25.0. The Hall–Kier alpha value is -0.120. The number of hydrogen-bond acceptors (Lipinski definition) is 3. The summed E-state index contributed by atoms with van der Waals surface area (Å²) in [6.45, 7) is 1.39. The molecule has 0 aliphatic carbocycles. The van der Waals surface area contributed by atoms with E-state index in [4.69, 9.17) is 10.2 Å². The molecular formula is C4H13NO2. The van der Waals surface area contributed by atoms with E-state index in [1.165, 1.54) is 14.0 Å². The van der Waals surface area contributed by atoms with Crippen LogP contribution in [0.5, 0.6) is 0 Å². The van der Waals surface area contributed by atoms with Crippen LogP contribution in [0.1, 0.15) is 6.92 Å². The van der Waals surface area contributed by atoms with E-state index in [-0.39, 0.29) is 6.61 Å². The molecule has 1 unspecified atom stereocenters. The minimum atomic E-state index is -0.560. The first-order valence-electron chi connectivity index (χ1n) is 2.14. The monoisotopic (exact) mass is 107 g/mol. The quantitative estimate of drug-likeness (QED) is 0.400. The van der Waals surface area contributed by atoms with Crippen molar-refractivity contribution in [2.24, 2.45) is 5.73 Å². The van der Waals surface area contributed by atoms with Crippen molar-refractivity contribution in [1.82, 2.24) is 0 Å². The van der Waals surface area contributed by atoms with Crippen molar-refractivity contribution < 1.29 is 10.2 Å². The fraction of sp³-hybridized carbons (Fsp3) is 1.00. The second-order valence-electron chi connectivity index (χ2n) is 1.03. The Balaban J connectivity index is 0. The highest BCUT2D eigenvalue weighted by atomic mass is 16.3. The zero-order chi connectivity index (χ0) is 6.28. The third-order valence-corrected chi connectivity index (χ3v) is 0.264. The molecule has 46 valence electrons. The number of rotatable bonds is 1. The molecule has 0 aliphatic heterocycles. The summed E-state index contributed by atoms with van der Waals surface area (Å²) >= 11 is 0. The summed E-state index contributed by atoms with van der Waals surface area (Å²) in [5.74, 6) is 0. The Labute approximate surface area is 43.8 Å². The van der Waals surface area contributed by atoms with Crippen molar-refractivity contribution in [2.45, 2.75) is 13.0 Å². The van der Waals surface area contributed by atoms with Gasteiger partial charge in [0.25, 0.3) is 0 Å². The lowest BCUT2D eigenvalue weighted by molar-refractivity contribution is 0.110. The lowest BCUT2D eigenvalue weighted by atomic mass is 10.5. The maximum absolute atomic E-state index is 8.11. The smallest absolute Gasteiger partial charge is 0.0742 e. The van der Waals surface area contributed by atoms with Crippen molar-refractivity contribution in [3.8, 4) is 0 Å². The fourth-order valence-electron chi connectivity index (χ4n) is 0. The summed E-state index contributed by atoms with van der Waals surface area (Å²) in [4.78, 5) is 0. The molecule has 0 aliphatic rings. The predicted molar refractivity (Wildman–Crippen MR) is 28.9 cm³/mol. The minimum Gasteiger partial charge on any atom is -0.394 e. The van der Waals surface area contributed by atoms with E-state index in [1.807, 2.05) is 0 Å². The van der Waals surface area contributed by atoms with Gasteiger partial charge < -0.3 is 15.9 Å². The molecule has 1 atom stereocenters. The van der Waals surface area contributed by atoms with Gasteiger partial charge in [0, 0.05) is 0 Å². The molecule has 0 fully saturated rings. The van der Waals surface area contributed by atoms with Gasteiger partial charge >= 0.3 is 0 Å². The molecule has 0 amide bonds. The highest BCUT2D eigenvalue weighted by Gasteiger charge is 1.83. The van der Waals surface area contributed by atoms with Crippen molar-refractivity contribution in [1.29, 1.82) is 0 Å². The van der Waals surface area contributed by atoms with E-state index in [1.54, 1.807) is 0 Å². The lowest BCUT2D eigenvalue weighted by Gasteiger charge is -1.90. The van der Waals surface area contributed by atoms with Gasteiger partial charge in [-0.1, -0.05) is 0 Å². The lowest BCUT2D eigenvalue weighted by Crippen LogP contribution is -2.03. The van der Waals surface area contributed by atoms with Crippen LogP contribution in [0, 0.1) is 0 Å². The molecule has 0 saturated heterocycles. The van der Waals surface area contributed by atoms with Crippen molar-refractivity contribution in [2.75, 3.05) is 13.7 Å². The molecule has 3 heteroatoms. The first kappa shape index (κ1) is 9.99. The van der Waals surface area contributed by atoms with Gasteiger partial charge in [-0.15, -0.1) is 0 Å².